The van der Waals surface area contributed by atoms with Gasteiger partial charge in [-0.15, -0.1) is 0 Å². The lowest BCUT2D eigenvalue weighted by Crippen LogP contribution is -2.31. The lowest BCUT2D eigenvalue weighted by atomic mass is 10.1. The summed E-state index contributed by atoms with van der Waals surface area (Å²) in [4.78, 5) is 25.4. The zero-order chi connectivity index (χ0) is 25.9. The molecular formula is C22H24FN5O7S. The Kier molecular flexibility index (Phi) is 7.35. The second-order valence-electron chi connectivity index (χ2n) is 7.87. The fourth-order valence-electron chi connectivity index (χ4n) is 3.80. The minimum Gasteiger partial charge on any atom is -0.494 e. The molecule has 4 rings (SSSR count). The lowest BCUT2D eigenvalue weighted by Gasteiger charge is -2.21. The summed E-state index contributed by atoms with van der Waals surface area (Å²) in [7, 11) is -1.35. The van der Waals surface area contributed by atoms with Crippen LogP contribution in [0.4, 0.5) is 10.1 Å². The molecule has 1 fully saturated rings. The molecule has 0 aliphatic carbocycles. The molecule has 2 N–H and O–H groups in total. The van der Waals surface area contributed by atoms with Crippen molar-refractivity contribution in [3.8, 4) is 23.1 Å². The number of para-hydroxylation sites is 1. The van der Waals surface area contributed by atoms with Gasteiger partial charge in [0, 0.05) is 18.9 Å². The Balaban J connectivity index is 1.79. The van der Waals surface area contributed by atoms with Crippen LogP contribution in [0.15, 0.2) is 35.4 Å². The number of benzene rings is 1. The fourth-order valence-corrected chi connectivity index (χ4v) is 4.84. The van der Waals surface area contributed by atoms with Crippen LogP contribution in [0, 0.1) is 5.82 Å². The number of sulfonamides is 1. The summed E-state index contributed by atoms with van der Waals surface area (Å²) < 4.78 is 58.2. The van der Waals surface area contributed by atoms with Gasteiger partial charge < -0.3 is 19.3 Å². The average molecular weight is 522 g/mol. The summed E-state index contributed by atoms with van der Waals surface area (Å²) in [6.45, 7) is 0.691. The van der Waals surface area contributed by atoms with Crippen LogP contribution in [0.2, 0.25) is 0 Å². The number of hydrogen-bond acceptors (Lipinski definition) is 10. The standard InChI is InChI=1S/C22H24FN5O7S/c1-33-15-4-3-5-16(34-2)19(15)28-20(13-6-8-35-12-13)26-21(29)18(22(28)30)27-36(31,32)9-7-17-24-10-14(23)11-25-17/h3-5,10-11,13,27,29H,6-9,12H2,1-2H3/t13-/m0/s1. The van der Waals surface area contributed by atoms with Crippen LogP contribution in [0.5, 0.6) is 17.4 Å². The second kappa shape index (κ2) is 10.5. The maximum Gasteiger partial charge on any atom is 0.286 e. The van der Waals surface area contributed by atoms with Crippen molar-refractivity contribution in [1.82, 2.24) is 19.5 Å². The van der Waals surface area contributed by atoms with E-state index in [2.05, 4.69) is 19.7 Å². The molecule has 14 heteroatoms. The summed E-state index contributed by atoms with van der Waals surface area (Å²) in [5.41, 5.74) is -1.33. The predicted molar refractivity (Wildman–Crippen MR) is 126 cm³/mol. The minimum absolute atomic E-state index is 0.0943. The van der Waals surface area contributed by atoms with Gasteiger partial charge in [-0.1, -0.05) is 6.07 Å². The highest BCUT2D eigenvalue weighted by molar-refractivity contribution is 7.92. The predicted octanol–water partition coefficient (Wildman–Crippen LogP) is 1.37. The van der Waals surface area contributed by atoms with Gasteiger partial charge in [0.1, 0.15) is 28.8 Å². The Hall–Kier alpha value is -3.78. The van der Waals surface area contributed by atoms with Gasteiger partial charge in [0.05, 0.1) is 39.0 Å². The molecule has 192 valence electrons. The van der Waals surface area contributed by atoms with E-state index in [9.17, 15) is 22.7 Å². The van der Waals surface area contributed by atoms with E-state index in [0.29, 0.717) is 13.0 Å². The van der Waals surface area contributed by atoms with Crippen molar-refractivity contribution in [1.29, 1.82) is 0 Å². The van der Waals surface area contributed by atoms with E-state index in [-0.39, 0.29) is 47.8 Å². The second-order valence-corrected chi connectivity index (χ2v) is 9.71. The Morgan fingerprint density at radius 1 is 1.22 bits per heavy atom. The SMILES string of the molecule is COc1cccc(OC)c1-n1c([C@H]2CCOC2)nc(O)c(NS(=O)(=O)CCc2ncc(F)cn2)c1=O. The Morgan fingerprint density at radius 2 is 1.89 bits per heavy atom. The van der Waals surface area contributed by atoms with E-state index in [1.807, 2.05) is 0 Å². The number of nitrogens with zero attached hydrogens (tertiary/aromatic N) is 4. The third-order valence-corrected chi connectivity index (χ3v) is 6.79. The summed E-state index contributed by atoms with van der Waals surface area (Å²) in [6, 6.07) is 4.89. The normalized spacial score (nSPS) is 15.6. The van der Waals surface area contributed by atoms with Crippen LogP contribution in [-0.4, -0.2) is 66.2 Å². The number of nitrogens with one attached hydrogen (secondary N) is 1. The van der Waals surface area contributed by atoms with E-state index in [4.69, 9.17) is 14.2 Å². The molecule has 0 saturated carbocycles. The van der Waals surface area contributed by atoms with Gasteiger partial charge in [0.25, 0.3) is 5.56 Å². The molecule has 0 radical (unpaired) electrons. The van der Waals surface area contributed by atoms with Crippen LogP contribution in [-0.2, 0) is 21.2 Å². The van der Waals surface area contributed by atoms with Gasteiger partial charge in [-0.25, -0.2) is 22.8 Å². The van der Waals surface area contributed by atoms with Crippen molar-refractivity contribution in [2.75, 3.05) is 37.9 Å². The Labute approximate surface area is 205 Å². The van der Waals surface area contributed by atoms with Gasteiger partial charge in [-0.2, -0.15) is 4.98 Å². The molecule has 36 heavy (non-hydrogen) atoms. The van der Waals surface area contributed by atoms with Crippen molar-refractivity contribution in [2.45, 2.75) is 18.8 Å². The van der Waals surface area contributed by atoms with Crippen molar-refractivity contribution in [3.05, 3.63) is 58.4 Å². The van der Waals surface area contributed by atoms with Crippen LogP contribution in [0.25, 0.3) is 5.69 Å². The number of methoxy groups -OCH3 is 2. The summed E-state index contributed by atoms with van der Waals surface area (Å²) in [5, 5.41) is 10.6. The molecule has 3 heterocycles. The maximum atomic E-state index is 13.7. The number of ether oxygens (including phenoxy) is 3. The van der Waals surface area contributed by atoms with E-state index in [1.165, 1.54) is 14.2 Å². The number of aryl methyl sites for hydroxylation is 1. The molecular weight excluding hydrogens is 497 g/mol. The van der Waals surface area contributed by atoms with Crippen molar-refractivity contribution in [3.63, 3.8) is 0 Å². The molecule has 1 atom stereocenters. The Bertz CT molecular complexity index is 1390. The van der Waals surface area contributed by atoms with Gasteiger partial charge in [-0.3, -0.25) is 14.1 Å². The summed E-state index contributed by atoms with van der Waals surface area (Å²) >= 11 is 0. The number of hydrogen-bond donors (Lipinski definition) is 2. The molecule has 0 spiro atoms. The van der Waals surface area contributed by atoms with E-state index < -0.39 is 38.7 Å². The van der Waals surface area contributed by atoms with Crippen molar-refractivity contribution in [2.24, 2.45) is 0 Å². The maximum absolute atomic E-state index is 13.7. The molecule has 0 bridgehead atoms. The molecule has 3 aromatic rings. The molecule has 0 unspecified atom stereocenters. The van der Waals surface area contributed by atoms with Crippen LogP contribution in [0.1, 0.15) is 24.0 Å². The highest BCUT2D eigenvalue weighted by Gasteiger charge is 2.30. The first-order valence-electron chi connectivity index (χ1n) is 10.9. The molecule has 1 aliphatic rings. The molecule has 0 amide bonds. The summed E-state index contributed by atoms with van der Waals surface area (Å²) in [5.74, 6) is -1.52. The van der Waals surface area contributed by atoms with Gasteiger partial charge >= 0.3 is 0 Å². The first-order valence-corrected chi connectivity index (χ1v) is 12.5. The molecule has 1 saturated heterocycles. The third kappa shape index (κ3) is 5.23. The van der Waals surface area contributed by atoms with Gasteiger partial charge in [0.2, 0.25) is 15.9 Å². The topological polar surface area (TPSA) is 155 Å². The van der Waals surface area contributed by atoms with Crippen LogP contribution < -0.4 is 19.8 Å². The zero-order valence-electron chi connectivity index (χ0n) is 19.5. The third-order valence-electron chi connectivity index (χ3n) is 5.54. The minimum atomic E-state index is -4.17. The largest absolute Gasteiger partial charge is 0.494 e. The number of aromatic nitrogens is 4. The van der Waals surface area contributed by atoms with Crippen molar-refractivity contribution < 1.29 is 32.1 Å². The quantitative estimate of drug-likeness (QED) is 0.422. The number of rotatable bonds is 9. The zero-order valence-corrected chi connectivity index (χ0v) is 20.3. The first-order chi connectivity index (χ1) is 17.2. The monoisotopic (exact) mass is 521 g/mol. The first kappa shape index (κ1) is 25.3. The number of halogens is 1. The van der Waals surface area contributed by atoms with E-state index in [1.54, 1.807) is 18.2 Å². The Morgan fingerprint density at radius 3 is 2.47 bits per heavy atom. The molecule has 1 aliphatic heterocycles. The molecule has 2 aromatic heterocycles. The van der Waals surface area contributed by atoms with Crippen LogP contribution in [0.3, 0.4) is 0 Å². The highest BCUT2D eigenvalue weighted by Crippen LogP contribution is 2.36. The number of anilines is 1. The molecule has 1 aromatic carbocycles. The highest BCUT2D eigenvalue weighted by atomic mass is 32.2. The van der Waals surface area contributed by atoms with Crippen molar-refractivity contribution >= 4 is 15.7 Å². The smallest absolute Gasteiger partial charge is 0.286 e. The lowest BCUT2D eigenvalue weighted by molar-refractivity contribution is 0.192. The molecule has 12 nitrogen and oxygen atoms in total. The van der Waals surface area contributed by atoms with E-state index >= 15 is 0 Å². The van der Waals surface area contributed by atoms with Gasteiger partial charge in [0.15, 0.2) is 11.5 Å². The summed E-state index contributed by atoms with van der Waals surface area (Å²) in [6.07, 6.45) is 2.22. The average Bonchev–Trinajstić information content (AvgIpc) is 3.40. The number of aromatic hydroxyl groups is 1. The van der Waals surface area contributed by atoms with Crippen LogP contribution >= 0.6 is 0 Å². The van der Waals surface area contributed by atoms with Gasteiger partial charge in [-0.05, 0) is 18.6 Å². The van der Waals surface area contributed by atoms with E-state index in [0.717, 1.165) is 17.0 Å². The fraction of sp³-hybridized carbons (Fsp3) is 0.364.